The number of methoxy groups -OCH3 is 1. The maximum Gasteiger partial charge on any atom is 0.341 e. The molecular formula is C12H16O3. The predicted octanol–water partition coefficient (Wildman–Crippen LogP) is 2.43. The van der Waals surface area contributed by atoms with Crippen LogP contribution in [0.2, 0.25) is 0 Å². The number of carbonyl (C=O) groups is 1. The van der Waals surface area contributed by atoms with Crippen LogP contribution in [-0.2, 0) is 11.2 Å². The van der Waals surface area contributed by atoms with Gasteiger partial charge in [0.25, 0.3) is 0 Å². The number of carbonyl (C=O) groups excluding carboxylic acids is 1. The number of aryl methyl sites for hydroxylation is 1. The Labute approximate surface area is 90.0 Å². The van der Waals surface area contributed by atoms with E-state index < -0.39 is 0 Å². The number of hydrogen-bond donors (Lipinski definition) is 0. The summed E-state index contributed by atoms with van der Waals surface area (Å²) in [5, 5.41) is 0. The fourth-order valence-corrected chi connectivity index (χ4v) is 1.33. The molecule has 0 saturated heterocycles. The lowest BCUT2D eigenvalue weighted by Gasteiger charge is -2.08. The molecule has 0 fully saturated rings. The molecule has 0 heterocycles. The summed E-state index contributed by atoms with van der Waals surface area (Å²) in [5.41, 5.74) is 1.62. The minimum Gasteiger partial charge on any atom is -0.496 e. The molecule has 3 nitrogen and oxygen atoms in total. The summed E-state index contributed by atoms with van der Waals surface area (Å²) in [5.74, 6) is 0.241. The van der Waals surface area contributed by atoms with Gasteiger partial charge in [0.1, 0.15) is 11.3 Å². The fraction of sp³-hybridized carbons (Fsp3) is 0.417. The van der Waals surface area contributed by atoms with Gasteiger partial charge < -0.3 is 9.47 Å². The number of hydrogen-bond acceptors (Lipinski definition) is 3. The molecule has 0 aliphatic rings. The van der Waals surface area contributed by atoms with Gasteiger partial charge >= 0.3 is 5.97 Å². The highest BCUT2D eigenvalue weighted by Crippen LogP contribution is 2.21. The molecule has 0 N–H and O–H groups in total. The Kier molecular flexibility index (Phi) is 4.16. The summed E-state index contributed by atoms with van der Waals surface area (Å²) in [7, 11) is 1.55. The van der Waals surface area contributed by atoms with Crippen LogP contribution in [0.4, 0.5) is 0 Å². The number of ether oxygens (including phenoxy) is 2. The molecule has 0 aliphatic heterocycles. The highest BCUT2D eigenvalue weighted by Gasteiger charge is 2.13. The van der Waals surface area contributed by atoms with Crippen molar-refractivity contribution in [3.63, 3.8) is 0 Å². The van der Waals surface area contributed by atoms with Crippen molar-refractivity contribution in [2.24, 2.45) is 0 Å². The topological polar surface area (TPSA) is 35.5 Å². The maximum atomic E-state index is 11.5. The summed E-state index contributed by atoms with van der Waals surface area (Å²) in [6, 6.07) is 5.52. The van der Waals surface area contributed by atoms with E-state index in [9.17, 15) is 4.79 Å². The number of rotatable bonds is 4. The zero-order chi connectivity index (χ0) is 11.3. The van der Waals surface area contributed by atoms with Crippen LogP contribution >= 0.6 is 0 Å². The molecule has 0 aromatic heterocycles. The second-order valence-electron chi connectivity index (χ2n) is 3.11. The van der Waals surface area contributed by atoms with Crippen LogP contribution < -0.4 is 4.74 Å². The van der Waals surface area contributed by atoms with Crippen molar-refractivity contribution in [2.45, 2.75) is 20.3 Å². The fourth-order valence-electron chi connectivity index (χ4n) is 1.33. The lowest BCUT2D eigenvalue weighted by Crippen LogP contribution is -2.07. The van der Waals surface area contributed by atoms with E-state index in [1.54, 1.807) is 20.1 Å². The average Bonchev–Trinajstić information content (AvgIpc) is 2.28. The molecule has 15 heavy (non-hydrogen) atoms. The van der Waals surface area contributed by atoms with E-state index in [0.717, 1.165) is 12.0 Å². The van der Waals surface area contributed by atoms with Crippen LogP contribution in [-0.4, -0.2) is 19.7 Å². The van der Waals surface area contributed by atoms with Crippen LogP contribution in [0, 0.1) is 0 Å². The molecule has 1 aromatic rings. The van der Waals surface area contributed by atoms with Crippen molar-refractivity contribution in [2.75, 3.05) is 13.7 Å². The molecular weight excluding hydrogens is 192 g/mol. The summed E-state index contributed by atoms with van der Waals surface area (Å²) in [6.45, 7) is 4.21. The minimum atomic E-state index is -0.336. The van der Waals surface area contributed by atoms with Crippen LogP contribution in [0.25, 0.3) is 0 Å². The Bertz CT molecular complexity index is 345. The van der Waals surface area contributed by atoms with Gasteiger partial charge in [-0.25, -0.2) is 4.79 Å². The van der Waals surface area contributed by atoms with E-state index in [1.165, 1.54) is 0 Å². The SMILES string of the molecule is CCOC(=O)c1ccc(CC)cc1OC. The average molecular weight is 208 g/mol. The third-order valence-corrected chi connectivity index (χ3v) is 2.17. The highest BCUT2D eigenvalue weighted by molar-refractivity contribution is 5.92. The smallest absolute Gasteiger partial charge is 0.341 e. The zero-order valence-corrected chi connectivity index (χ0v) is 9.37. The van der Waals surface area contributed by atoms with Crippen molar-refractivity contribution in [3.8, 4) is 5.75 Å². The Morgan fingerprint density at radius 1 is 1.33 bits per heavy atom. The Morgan fingerprint density at radius 3 is 2.60 bits per heavy atom. The molecule has 82 valence electrons. The predicted molar refractivity (Wildman–Crippen MR) is 58.3 cm³/mol. The monoisotopic (exact) mass is 208 g/mol. The van der Waals surface area contributed by atoms with Gasteiger partial charge in [0.2, 0.25) is 0 Å². The van der Waals surface area contributed by atoms with E-state index in [0.29, 0.717) is 17.9 Å². The second-order valence-corrected chi connectivity index (χ2v) is 3.11. The summed E-state index contributed by atoms with van der Waals surface area (Å²) >= 11 is 0. The zero-order valence-electron chi connectivity index (χ0n) is 9.37. The van der Waals surface area contributed by atoms with E-state index in [2.05, 4.69) is 6.92 Å². The Morgan fingerprint density at radius 2 is 2.07 bits per heavy atom. The Hall–Kier alpha value is -1.51. The third-order valence-electron chi connectivity index (χ3n) is 2.17. The standard InChI is InChI=1S/C12H16O3/c1-4-9-6-7-10(11(8-9)14-3)12(13)15-5-2/h6-8H,4-5H2,1-3H3. The first-order valence-corrected chi connectivity index (χ1v) is 5.07. The Balaban J connectivity index is 3.02. The van der Waals surface area contributed by atoms with E-state index in [1.807, 2.05) is 12.1 Å². The van der Waals surface area contributed by atoms with Crippen molar-refractivity contribution in [3.05, 3.63) is 29.3 Å². The lowest BCUT2D eigenvalue weighted by molar-refractivity contribution is 0.0522. The first kappa shape index (κ1) is 11.6. The van der Waals surface area contributed by atoms with Crippen LogP contribution in [0.5, 0.6) is 5.75 Å². The van der Waals surface area contributed by atoms with Crippen LogP contribution in [0.15, 0.2) is 18.2 Å². The van der Waals surface area contributed by atoms with Gasteiger partial charge in [0.05, 0.1) is 13.7 Å². The molecule has 0 spiro atoms. The van der Waals surface area contributed by atoms with Gasteiger partial charge in [-0.05, 0) is 31.0 Å². The molecule has 1 rings (SSSR count). The van der Waals surface area contributed by atoms with Gasteiger partial charge in [0, 0.05) is 0 Å². The molecule has 0 aliphatic carbocycles. The molecule has 0 amide bonds. The second kappa shape index (κ2) is 5.39. The summed E-state index contributed by atoms with van der Waals surface area (Å²) < 4.78 is 10.1. The van der Waals surface area contributed by atoms with E-state index in [4.69, 9.17) is 9.47 Å². The van der Waals surface area contributed by atoms with E-state index in [-0.39, 0.29) is 5.97 Å². The lowest BCUT2D eigenvalue weighted by atomic mass is 10.1. The number of benzene rings is 1. The minimum absolute atomic E-state index is 0.336. The summed E-state index contributed by atoms with van der Waals surface area (Å²) in [6.07, 6.45) is 0.916. The normalized spacial score (nSPS) is 9.80. The summed E-state index contributed by atoms with van der Waals surface area (Å²) in [4.78, 5) is 11.5. The van der Waals surface area contributed by atoms with Gasteiger partial charge in [-0.1, -0.05) is 13.0 Å². The van der Waals surface area contributed by atoms with Crippen molar-refractivity contribution in [1.82, 2.24) is 0 Å². The largest absolute Gasteiger partial charge is 0.496 e. The molecule has 0 unspecified atom stereocenters. The van der Waals surface area contributed by atoms with Gasteiger partial charge in [0.15, 0.2) is 0 Å². The van der Waals surface area contributed by atoms with E-state index >= 15 is 0 Å². The van der Waals surface area contributed by atoms with Crippen LogP contribution in [0.3, 0.4) is 0 Å². The highest BCUT2D eigenvalue weighted by atomic mass is 16.5. The number of esters is 1. The first-order chi connectivity index (χ1) is 7.22. The van der Waals surface area contributed by atoms with Gasteiger partial charge in [-0.2, -0.15) is 0 Å². The molecule has 0 atom stereocenters. The van der Waals surface area contributed by atoms with Crippen molar-refractivity contribution < 1.29 is 14.3 Å². The maximum absolute atomic E-state index is 11.5. The van der Waals surface area contributed by atoms with Gasteiger partial charge in [-0.3, -0.25) is 0 Å². The quantitative estimate of drug-likeness (QED) is 0.713. The van der Waals surface area contributed by atoms with Crippen molar-refractivity contribution in [1.29, 1.82) is 0 Å². The molecule has 3 heteroatoms. The molecule has 0 bridgehead atoms. The third kappa shape index (κ3) is 2.72. The molecule has 1 aromatic carbocycles. The molecule has 0 saturated carbocycles. The van der Waals surface area contributed by atoms with Gasteiger partial charge in [-0.15, -0.1) is 0 Å². The molecule has 0 radical (unpaired) electrons. The van der Waals surface area contributed by atoms with Crippen LogP contribution in [0.1, 0.15) is 29.8 Å². The first-order valence-electron chi connectivity index (χ1n) is 5.07. The van der Waals surface area contributed by atoms with Crippen molar-refractivity contribution >= 4 is 5.97 Å².